The lowest BCUT2D eigenvalue weighted by atomic mass is 10.2. The molecule has 0 rings (SSSR count). The summed E-state index contributed by atoms with van der Waals surface area (Å²) in [7, 11) is 0. The van der Waals surface area contributed by atoms with Crippen LogP contribution in [0.2, 0.25) is 0 Å². The molecule has 1 unspecified atom stereocenters. The van der Waals surface area contributed by atoms with E-state index < -0.39 is 12.0 Å². The molecule has 0 saturated heterocycles. The molecule has 0 saturated carbocycles. The average Bonchev–Trinajstić information content (AvgIpc) is 2.37. The van der Waals surface area contributed by atoms with Crippen LogP contribution < -0.4 is 5.73 Å². The highest BCUT2D eigenvalue weighted by molar-refractivity contribution is 5.85. The molecule has 6 nitrogen and oxygen atoms in total. The van der Waals surface area contributed by atoms with Crippen LogP contribution in [0.15, 0.2) is 0 Å². The lowest BCUT2D eigenvalue weighted by Crippen LogP contribution is -2.45. The zero-order chi connectivity index (χ0) is 14.8. The zero-order valence-corrected chi connectivity index (χ0v) is 12.3. The Balaban J connectivity index is 4.19. The summed E-state index contributed by atoms with van der Waals surface area (Å²) in [5.74, 6) is -1.32. The third-order valence-electron chi connectivity index (χ3n) is 3.20. The van der Waals surface area contributed by atoms with Gasteiger partial charge in [0.25, 0.3) is 0 Å². The molecule has 3 N–H and O–H groups in total. The van der Waals surface area contributed by atoms with E-state index in [1.54, 1.807) is 4.90 Å². The molecule has 19 heavy (non-hydrogen) atoms. The first-order chi connectivity index (χ1) is 8.96. The first-order valence-electron chi connectivity index (χ1n) is 6.94. The number of nitrogens with two attached hydrogens (primary N) is 1. The van der Waals surface area contributed by atoms with Crippen molar-refractivity contribution in [3.05, 3.63) is 0 Å². The van der Waals surface area contributed by atoms with Crippen LogP contribution >= 0.6 is 0 Å². The fourth-order valence-corrected chi connectivity index (χ4v) is 1.96. The highest BCUT2D eigenvalue weighted by atomic mass is 16.4. The van der Waals surface area contributed by atoms with Crippen molar-refractivity contribution in [3.63, 3.8) is 0 Å². The Morgan fingerprint density at radius 1 is 1.11 bits per heavy atom. The Morgan fingerprint density at radius 3 is 2.11 bits per heavy atom. The van der Waals surface area contributed by atoms with Crippen molar-refractivity contribution < 1.29 is 14.7 Å². The van der Waals surface area contributed by atoms with Crippen molar-refractivity contribution in [3.8, 4) is 0 Å². The molecule has 0 aromatic rings. The zero-order valence-electron chi connectivity index (χ0n) is 12.3. The van der Waals surface area contributed by atoms with Crippen molar-refractivity contribution in [1.82, 2.24) is 9.80 Å². The standard InChI is InChI=1S/C13H27N3O3/c1-4-15(5-2)8-7-9-16(6-3)13(19)11(14)10-12(17)18/h11H,4-10,14H2,1-3H3,(H,17,18). The summed E-state index contributed by atoms with van der Waals surface area (Å²) in [6.45, 7) is 10.2. The quantitative estimate of drug-likeness (QED) is 0.600. The Labute approximate surface area is 115 Å². The molecule has 0 aromatic heterocycles. The highest BCUT2D eigenvalue weighted by Crippen LogP contribution is 2.01. The van der Waals surface area contributed by atoms with E-state index in [9.17, 15) is 9.59 Å². The Bertz CT molecular complexity index is 280. The lowest BCUT2D eigenvalue weighted by molar-refractivity contribution is -0.142. The molecule has 112 valence electrons. The number of carboxylic acids is 1. The summed E-state index contributed by atoms with van der Waals surface area (Å²) < 4.78 is 0. The van der Waals surface area contributed by atoms with E-state index in [1.807, 2.05) is 6.92 Å². The molecule has 0 fully saturated rings. The minimum Gasteiger partial charge on any atom is -0.481 e. The van der Waals surface area contributed by atoms with Crippen molar-refractivity contribution in [2.24, 2.45) is 5.73 Å². The topological polar surface area (TPSA) is 86.9 Å². The van der Waals surface area contributed by atoms with E-state index in [0.29, 0.717) is 13.1 Å². The van der Waals surface area contributed by atoms with Gasteiger partial charge in [-0.2, -0.15) is 0 Å². The Hall–Kier alpha value is -1.14. The maximum atomic E-state index is 11.9. The summed E-state index contributed by atoms with van der Waals surface area (Å²) in [5.41, 5.74) is 5.60. The molecule has 6 heteroatoms. The summed E-state index contributed by atoms with van der Waals surface area (Å²) in [4.78, 5) is 26.4. The van der Waals surface area contributed by atoms with E-state index in [1.165, 1.54) is 0 Å². The SMILES string of the molecule is CCN(CC)CCCN(CC)C(=O)C(N)CC(=O)O. The molecule has 1 atom stereocenters. The van der Waals surface area contributed by atoms with Crippen LogP contribution in [0.4, 0.5) is 0 Å². The number of carbonyl (C=O) groups is 2. The van der Waals surface area contributed by atoms with Gasteiger partial charge in [0.2, 0.25) is 5.91 Å². The maximum Gasteiger partial charge on any atom is 0.305 e. The first-order valence-corrected chi connectivity index (χ1v) is 6.94. The van der Waals surface area contributed by atoms with E-state index in [-0.39, 0.29) is 12.3 Å². The average molecular weight is 273 g/mol. The van der Waals surface area contributed by atoms with Crippen molar-refractivity contribution in [1.29, 1.82) is 0 Å². The van der Waals surface area contributed by atoms with Crippen LogP contribution in [0.3, 0.4) is 0 Å². The predicted molar refractivity (Wildman–Crippen MR) is 74.9 cm³/mol. The lowest BCUT2D eigenvalue weighted by Gasteiger charge is -2.25. The van der Waals surface area contributed by atoms with Gasteiger partial charge in [-0.05, 0) is 33.0 Å². The van der Waals surface area contributed by atoms with Crippen molar-refractivity contribution >= 4 is 11.9 Å². The van der Waals surface area contributed by atoms with E-state index in [2.05, 4.69) is 18.7 Å². The number of rotatable bonds is 10. The van der Waals surface area contributed by atoms with Gasteiger partial charge >= 0.3 is 5.97 Å². The number of hydrogen-bond donors (Lipinski definition) is 2. The van der Waals surface area contributed by atoms with Crippen LogP contribution in [0.1, 0.15) is 33.6 Å². The number of carboxylic acid groups (broad SMARTS) is 1. The van der Waals surface area contributed by atoms with Crippen LogP contribution in [0.25, 0.3) is 0 Å². The van der Waals surface area contributed by atoms with Gasteiger partial charge in [-0.25, -0.2) is 0 Å². The highest BCUT2D eigenvalue weighted by Gasteiger charge is 2.21. The van der Waals surface area contributed by atoms with Crippen molar-refractivity contribution in [2.75, 3.05) is 32.7 Å². The Morgan fingerprint density at radius 2 is 1.68 bits per heavy atom. The molecular formula is C13H27N3O3. The minimum atomic E-state index is -1.04. The van der Waals surface area contributed by atoms with Crippen LogP contribution in [-0.4, -0.2) is 65.5 Å². The molecule has 0 heterocycles. The van der Waals surface area contributed by atoms with Gasteiger partial charge in [-0.15, -0.1) is 0 Å². The molecule has 0 aromatic carbocycles. The fraction of sp³-hybridized carbons (Fsp3) is 0.846. The van der Waals surface area contributed by atoms with Gasteiger partial charge in [-0.3, -0.25) is 9.59 Å². The number of nitrogens with zero attached hydrogens (tertiary/aromatic N) is 2. The summed E-state index contributed by atoms with van der Waals surface area (Å²) in [6, 6.07) is -0.939. The summed E-state index contributed by atoms with van der Waals surface area (Å²) in [5, 5.41) is 8.64. The molecule has 0 spiro atoms. The van der Waals surface area contributed by atoms with Crippen LogP contribution in [-0.2, 0) is 9.59 Å². The third-order valence-corrected chi connectivity index (χ3v) is 3.20. The van der Waals surface area contributed by atoms with Gasteiger partial charge in [0, 0.05) is 13.1 Å². The molecule has 0 aliphatic carbocycles. The van der Waals surface area contributed by atoms with E-state index in [4.69, 9.17) is 10.8 Å². The number of amides is 1. The largest absolute Gasteiger partial charge is 0.481 e. The minimum absolute atomic E-state index is 0.274. The van der Waals surface area contributed by atoms with Gasteiger partial charge in [0.15, 0.2) is 0 Å². The second-order valence-corrected chi connectivity index (χ2v) is 4.50. The monoisotopic (exact) mass is 273 g/mol. The summed E-state index contributed by atoms with van der Waals surface area (Å²) >= 11 is 0. The van der Waals surface area contributed by atoms with Gasteiger partial charge in [0.1, 0.15) is 0 Å². The second kappa shape index (κ2) is 9.75. The normalized spacial score (nSPS) is 12.5. The smallest absolute Gasteiger partial charge is 0.305 e. The van der Waals surface area contributed by atoms with E-state index in [0.717, 1.165) is 26.1 Å². The third kappa shape index (κ3) is 7.12. The molecule has 0 aliphatic rings. The first kappa shape index (κ1) is 17.9. The molecular weight excluding hydrogens is 246 g/mol. The number of likely N-dealkylation sites (N-methyl/N-ethyl adjacent to an activating group) is 1. The fourth-order valence-electron chi connectivity index (χ4n) is 1.96. The van der Waals surface area contributed by atoms with Gasteiger partial charge in [-0.1, -0.05) is 13.8 Å². The van der Waals surface area contributed by atoms with Crippen LogP contribution in [0.5, 0.6) is 0 Å². The van der Waals surface area contributed by atoms with Crippen LogP contribution in [0, 0.1) is 0 Å². The number of aliphatic carboxylic acids is 1. The Kier molecular flexibility index (Phi) is 9.16. The molecule has 0 radical (unpaired) electrons. The van der Waals surface area contributed by atoms with E-state index >= 15 is 0 Å². The number of hydrogen-bond acceptors (Lipinski definition) is 4. The van der Waals surface area contributed by atoms with Gasteiger partial charge < -0.3 is 20.6 Å². The second-order valence-electron chi connectivity index (χ2n) is 4.50. The number of carbonyl (C=O) groups excluding carboxylic acids is 1. The maximum absolute atomic E-state index is 11.9. The van der Waals surface area contributed by atoms with Gasteiger partial charge in [0.05, 0.1) is 12.5 Å². The molecule has 0 aliphatic heterocycles. The molecule has 0 bridgehead atoms. The van der Waals surface area contributed by atoms with Crippen molar-refractivity contribution in [2.45, 2.75) is 39.7 Å². The predicted octanol–water partition coefficient (Wildman–Crippen LogP) is 0.369. The molecule has 1 amide bonds. The summed E-state index contributed by atoms with van der Waals surface area (Å²) in [6.07, 6.45) is 0.562.